The molecular formula is C26H26N4O5. The summed E-state index contributed by atoms with van der Waals surface area (Å²) in [7, 11) is 0. The maximum absolute atomic E-state index is 13.7. The Hall–Kier alpha value is -4.01. The van der Waals surface area contributed by atoms with Crippen LogP contribution in [0.1, 0.15) is 48.7 Å². The van der Waals surface area contributed by atoms with Crippen molar-refractivity contribution in [1.29, 1.82) is 0 Å². The van der Waals surface area contributed by atoms with Crippen molar-refractivity contribution < 1.29 is 14.6 Å². The van der Waals surface area contributed by atoms with Gasteiger partial charge in [0.1, 0.15) is 17.4 Å². The summed E-state index contributed by atoms with van der Waals surface area (Å²) >= 11 is 0. The highest BCUT2D eigenvalue weighted by Gasteiger charge is 2.44. The van der Waals surface area contributed by atoms with Gasteiger partial charge in [-0.3, -0.25) is 0 Å². The lowest BCUT2D eigenvalue weighted by Crippen LogP contribution is -2.46. The zero-order valence-electron chi connectivity index (χ0n) is 19.6. The van der Waals surface area contributed by atoms with Crippen LogP contribution in [0.4, 0.5) is 5.69 Å². The first-order valence-electron chi connectivity index (χ1n) is 11.8. The molecule has 1 aromatic heterocycles. The molecule has 4 heterocycles. The van der Waals surface area contributed by atoms with Crippen LogP contribution < -0.4 is 21.0 Å². The Labute approximate surface area is 201 Å². The van der Waals surface area contributed by atoms with Crippen LogP contribution in [0.5, 0.6) is 5.75 Å². The molecule has 1 atom stereocenters. The SMILES string of the molecule is CC1(C)Oc2cc(N3CCCC3)ccc2C2C1=CCn1c(=O)n(-c3ccc(C(=O)O)cc3)c(=O)n12. The first kappa shape index (κ1) is 21.5. The second-order valence-electron chi connectivity index (χ2n) is 9.77. The van der Waals surface area contributed by atoms with Crippen LogP contribution in [0.15, 0.2) is 63.7 Å². The van der Waals surface area contributed by atoms with E-state index in [0.717, 1.165) is 34.5 Å². The molecular weight excluding hydrogens is 448 g/mol. The number of aromatic nitrogens is 3. The molecule has 0 spiro atoms. The third-order valence-corrected chi connectivity index (χ3v) is 7.28. The number of nitrogens with zero attached hydrogens (tertiary/aromatic N) is 4. The second kappa shape index (κ2) is 7.49. The number of carbonyl (C=O) groups is 1. The molecule has 2 aromatic carbocycles. The molecule has 0 aliphatic carbocycles. The van der Waals surface area contributed by atoms with Gasteiger partial charge in [-0.05, 0) is 62.6 Å². The number of rotatable bonds is 3. The van der Waals surface area contributed by atoms with E-state index in [1.54, 1.807) is 0 Å². The molecule has 0 bridgehead atoms. The predicted octanol–water partition coefficient (Wildman–Crippen LogP) is 2.80. The second-order valence-corrected chi connectivity index (χ2v) is 9.77. The molecule has 180 valence electrons. The fourth-order valence-corrected chi connectivity index (χ4v) is 5.53. The normalized spacial score (nSPS) is 19.9. The molecule has 9 heteroatoms. The van der Waals surface area contributed by atoms with Gasteiger partial charge in [0.2, 0.25) is 0 Å². The third-order valence-electron chi connectivity index (χ3n) is 7.28. The molecule has 3 aliphatic heterocycles. The van der Waals surface area contributed by atoms with E-state index >= 15 is 0 Å². The average molecular weight is 475 g/mol. The monoisotopic (exact) mass is 474 g/mol. The van der Waals surface area contributed by atoms with Gasteiger partial charge in [-0.15, -0.1) is 0 Å². The van der Waals surface area contributed by atoms with Gasteiger partial charge in [0.25, 0.3) is 0 Å². The zero-order valence-corrected chi connectivity index (χ0v) is 19.6. The van der Waals surface area contributed by atoms with E-state index in [-0.39, 0.29) is 12.1 Å². The van der Waals surface area contributed by atoms with Gasteiger partial charge in [-0.1, -0.05) is 12.1 Å². The van der Waals surface area contributed by atoms with Gasteiger partial charge in [-0.25, -0.2) is 28.3 Å². The Morgan fingerprint density at radius 1 is 1.00 bits per heavy atom. The van der Waals surface area contributed by atoms with E-state index in [0.29, 0.717) is 11.4 Å². The standard InChI is InChI=1S/C26H26N4O5/c1-26(2)20-11-14-28-24(33)29(17-7-5-16(6-8-17)23(31)32)25(34)30(28)22(20)19-10-9-18(15-21(19)35-26)27-12-3-4-13-27/h5-11,15,22H,3-4,12-14H2,1-2H3,(H,31,32). The largest absolute Gasteiger partial charge is 0.483 e. The van der Waals surface area contributed by atoms with E-state index in [9.17, 15) is 19.5 Å². The molecule has 1 saturated heterocycles. The molecule has 6 rings (SSSR count). The molecule has 9 nitrogen and oxygen atoms in total. The van der Waals surface area contributed by atoms with Crippen LogP contribution >= 0.6 is 0 Å². The number of fused-ring (bicyclic) bond motifs is 5. The minimum atomic E-state index is -1.07. The van der Waals surface area contributed by atoms with Crippen LogP contribution in [0.25, 0.3) is 5.69 Å². The highest BCUT2D eigenvalue weighted by Crippen LogP contribution is 2.47. The molecule has 3 aliphatic rings. The van der Waals surface area contributed by atoms with Crippen molar-refractivity contribution in [2.75, 3.05) is 18.0 Å². The summed E-state index contributed by atoms with van der Waals surface area (Å²) in [4.78, 5) is 40.6. The van der Waals surface area contributed by atoms with Gasteiger partial charge in [0.05, 0.1) is 17.8 Å². The number of anilines is 1. The molecule has 1 N–H and O–H groups in total. The molecule has 0 saturated carbocycles. The Morgan fingerprint density at radius 3 is 2.37 bits per heavy atom. The van der Waals surface area contributed by atoms with Gasteiger partial charge in [-0.2, -0.15) is 0 Å². The van der Waals surface area contributed by atoms with Crippen LogP contribution in [0.2, 0.25) is 0 Å². The van der Waals surface area contributed by atoms with Crippen LogP contribution in [-0.4, -0.2) is 43.7 Å². The van der Waals surface area contributed by atoms with Crippen molar-refractivity contribution in [3.8, 4) is 11.4 Å². The zero-order chi connectivity index (χ0) is 24.5. The molecule has 3 aromatic rings. The summed E-state index contributed by atoms with van der Waals surface area (Å²) in [6.07, 6.45) is 4.31. The summed E-state index contributed by atoms with van der Waals surface area (Å²) < 4.78 is 10.5. The minimum absolute atomic E-state index is 0.0868. The molecule has 1 fully saturated rings. The maximum atomic E-state index is 13.7. The number of ether oxygens (including phenoxy) is 1. The van der Waals surface area contributed by atoms with E-state index in [2.05, 4.69) is 11.0 Å². The average Bonchev–Trinajstić information content (AvgIpc) is 3.46. The molecule has 0 radical (unpaired) electrons. The van der Waals surface area contributed by atoms with Crippen LogP contribution in [0.3, 0.4) is 0 Å². The quantitative estimate of drug-likeness (QED) is 0.586. The summed E-state index contributed by atoms with van der Waals surface area (Å²) in [6, 6.07) is 11.4. The fourth-order valence-electron chi connectivity index (χ4n) is 5.53. The van der Waals surface area contributed by atoms with Crippen molar-refractivity contribution in [1.82, 2.24) is 13.9 Å². The number of hydrogen-bond donors (Lipinski definition) is 1. The van der Waals surface area contributed by atoms with Crippen molar-refractivity contribution in [2.45, 2.75) is 44.9 Å². The Balaban J connectivity index is 1.51. The minimum Gasteiger partial charge on any atom is -0.483 e. The Morgan fingerprint density at radius 2 is 1.69 bits per heavy atom. The van der Waals surface area contributed by atoms with Crippen LogP contribution in [0, 0.1) is 0 Å². The summed E-state index contributed by atoms with van der Waals surface area (Å²) in [5, 5.41) is 9.19. The number of carboxylic acid groups (broad SMARTS) is 1. The van der Waals surface area contributed by atoms with Gasteiger partial charge >= 0.3 is 17.3 Å². The lowest BCUT2D eigenvalue weighted by Gasteiger charge is -2.42. The number of allylic oxidation sites excluding steroid dienone is 1. The number of aromatic carboxylic acids is 1. The number of benzene rings is 2. The maximum Gasteiger partial charge on any atom is 0.352 e. The molecule has 0 amide bonds. The van der Waals surface area contributed by atoms with Crippen molar-refractivity contribution >= 4 is 11.7 Å². The molecule has 1 unspecified atom stereocenters. The predicted molar refractivity (Wildman–Crippen MR) is 130 cm³/mol. The van der Waals surface area contributed by atoms with E-state index in [1.807, 2.05) is 32.1 Å². The summed E-state index contributed by atoms with van der Waals surface area (Å²) in [5.74, 6) is -0.354. The summed E-state index contributed by atoms with van der Waals surface area (Å²) in [5.41, 5.74) is 1.69. The Kier molecular flexibility index (Phi) is 4.61. The topological polar surface area (TPSA) is 98.7 Å². The third kappa shape index (κ3) is 3.18. The smallest absolute Gasteiger partial charge is 0.352 e. The fraction of sp³-hybridized carbons (Fsp3) is 0.346. The lowest BCUT2D eigenvalue weighted by molar-refractivity contribution is 0.0697. The van der Waals surface area contributed by atoms with Gasteiger partial charge in [0.15, 0.2) is 0 Å². The van der Waals surface area contributed by atoms with Crippen molar-refractivity contribution in [3.63, 3.8) is 0 Å². The number of carboxylic acids is 1. The number of hydrogen-bond acceptors (Lipinski definition) is 5. The van der Waals surface area contributed by atoms with Gasteiger partial charge < -0.3 is 14.7 Å². The van der Waals surface area contributed by atoms with E-state index in [1.165, 1.54) is 46.5 Å². The van der Waals surface area contributed by atoms with E-state index in [4.69, 9.17) is 4.74 Å². The summed E-state index contributed by atoms with van der Waals surface area (Å²) in [6.45, 7) is 6.24. The van der Waals surface area contributed by atoms with Crippen LogP contribution in [-0.2, 0) is 6.54 Å². The Bertz CT molecular complexity index is 1500. The first-order chi connectivity index (χ1) is 16.8. The van der Waals surface area contributed by atoms with Crippen molar-refractivity contribution in [3.05, 3.63) is 86.2 Å². The van der Waals surface area contributed by atoms with Gasteiger partial charge in [0, 0.05) is 30.4 Å². The van der Waals surface area contributed by atoms with Crippen molar-refractivity contribution in [2.24, 2.45) is 0 Å². The highest BCUT2D eigenvalue weighted by molar-refractivity contribution is 5.87. The lowest BCUT2D eigenvalue weighted by atomic mass is 9.83. The van der Waals surface area contributed by atoms with E-state index < -0.39 is 29.0 Å². The molecule has 35 heavy (non-hydrogen) atoms. The first-order valence-corrected chi connectivity index (χ1v) is 11.8. The highest BCUT2D eigenvalue weighted by atomic mass is 16.5.